The SMILES string of the molecule is COC(=O)c1cc(-c2ccncc2)cc(Nc2ccnc3cccc(F)c23)c1[N+](=O)[O-]. The molecule has 4 rings (SSSR count). The Bertz CT molecular complexity index is 1310. The monoisotopic (exact) mass is 418 g/mol. The van der Waals surface area contributed by atoms with Crippen molar-refractivity contribution in [2.45, 2.75) is 0 Å². The molecule has 0 saturated heterocycles. The van der Waals surface area contributed by atoms with Crippen molar-refractivity contribution in [2.24, 2.45) is 0 Å². The van der Waals surface area contributed by atoms with Gasteiger partial charge in [-0.25, -0.2) is 9.18 Å². The van der Waals surface area contributed by atoms with E-state index in [0.29, 0.717) is 16.6 Å². The highest BCUT2D eigenvalue weighted by atomic mass is 19.1. The Kier molecular flexibility index (Phi) is 5.23. The van der Waals surface area contributed by atoms with Crippen LogP contribution in [0.5, 0.6) is 0 Å². The molecule has 0 aliphatic heterocycles. The van der Waals surface area contributed by atoms with Crippen molar-refractivity contribution >= 4 is 33.9 Å². The van der Waals surface area contributed by atoms with Crippen molar-refractivity contribution < 1.29 is 18.8 Å². The minimum Gasteiger partial charge on any atom is -0.465 e. The first-order chi connectivity index (χ1) is 15.0. The van der Waals surface area contributed by atoms with Crippen LogP contribution in [0.1, 0.15) is 10.4 Å². The van der Waals surface area contributed by atoms with Gasteiger partial charge >= 0.3 is 11.7 Å². The summed E-state index contributed by atoms with van der Waals surface area (Å²) in [5.41, 5.74) is 1.16. The summed E-state index contributed by atoms with van der Waals surface area (Å²) < 4.78 is 19.3. The van der Waals surface area contributed by atoms with Gasteiger partial charge < -0.3 is 10.1 Å². The van der Waals surface area contributed by atoms with Gasteiger partial charge in [0.05, 0.1) is 28.6 Å². The summed E-state index contributed by atoms with van der Waals surface area (Å²) in [6.45, 7) is 0. The number of methoxy groups -OCH3 is 1. The molecule has 2 aromatic heterocycles. The third kappa shape index (κ3) is 3.76. The molecule has 0 fully saturated rings. The molecule has 154 valence electrons. The predicted molar refractivity (Wildman–Crippen MR) is 113 cm³/mol. The van der Waals surface area contributed by atoms with E-state index >= 15 is 0 Å². The Balaban J connectivity index is 1.96. The molecule has 8 nitrogen and oxygen atoms in total. The van der Waals surface area contributed by atoms with Gasteiger partial charge in [0.25, 0.3) is 0 Å². The lowest BCUT2D eigenvalue weighted by Crippen LogP contribution is -2.09. The maximum Gasteiger partial charge on any atom is 0.345 e. The van der Waals surface area contributed by atoms with Gasteiger partial charge in [0.2, 0.25) is 0 Å². The fourth-order valence-electron chi connectivity index (χ4n) is 3.31. The molecule has 31 heavy (non-hydrogen) atoms. The number of fused-ring (bicyclic) bond motifs is 1. The summed E-state index contributed by atoms with van der Waals surface area (Å²) >= 11 is 0. The Morgan fingerprint density at radius 1 is 1.06 bits per heavy atom. The lowest BCUT2D eigenvalue weighted by Gasteiger charge is -2.14. The number of nitrogens with zero attached hydrogens (tertiary/aromatic N) is 3. The number of nitro groups is 1. The highest BCUT2D eigenvalue weighted by Gasteiger charge is 2.27. The van der Waals surface area contributed by atoms with Crippen molar-refractivity contribution in [1.82, 2.24) is 9.97 Å². The quantitative estimate of drug-likeness (QED) is 0.280. The molecule has 0 unspecified atom stereocenters. The normalized spacial score (nSPS) is 10.6. The van der Waals surface area contributed by atoms with E-state index in [1.165, 1.54) is 36.5 Å². The Hall–Kier alpha value is -4.40. The Morgan fingerprint density at radius 2 is 1.84 bits per heavy atom. The summed E-state index contributed by atoms with van der Waals surface area (Å²) in [6.07, 6.45) is 4.59. The van der Waals surface area contributed by atoms with Crippen LogP contribution in [0, 0.1) is 15.9 Å². The lowest BCUT2D eigenvalue weighted by atomic mass is 10.0. The van der Waals surface area contributed by atoms with Crippen LogP contribution in [0.3, 0.4) is 0 Å². The van der Waals surface area contributed by atoms with Gasteiger partial charge in [-0.2, -0.15) is 0 Å². The first-order valence-corrected chi connectivity index (χ1v) is 9.11. The van der Waals surface area contributed by atoms with Gasteiger partial charge in [0.1, 0.15) is 17.1 Å². The standard InChI is InChI=1S/C22H15FN4O4/c1-31-22(28)15-11-14(13-5-8-24-9-6-13)12-19(21(15)27(29)30)26-18-7-10-25-17-4-2-3-16(23)20(17)18/h2-12H,1H3,(H,25,26). The van der Waals surface area contributed by atoms with Crippen LogP contribution in [-0.4, -0.2) is 28.0 Å². The van der Waals surface area contributed by atoms with Crippen LogP contribution < -0.4 is 5.32 Å². The number of halogens is 1. The van der Waals surface area contributed by atoms with E-state index in [1.807, 2.05) is 0 Å². The van der Waals surface area contributed by atoms with Gasteiger partial charge in [-0.05, 0) is 53.6 Å². The summed E-state index contributed by atoms with van der Waals surface area (Å²) in [4.78, 5) is 31.7. The van der Waals surface area contributed by atoms with E-state index in [4.69, 9.17) is 4.74 Å². The highest BCUT2D eigenvalue weighted by molar-refractivity contribution is 6.01. The number of ether oxygens (including phenoxy) is 1. The molecule has 0 saturated carbocycles. The number of hydrogen-bond acceptors (Lipinski definition) is 7. The first-order valence-electron chi connectivity index (χ1n) is 9.11. The van der Waals surface area contributed by atoms with Crippen LogP contribution in [0.2, 0.25) is 0 Å². The second kappa shape index (κ2) is 8.15. The number of hydrogen-bond donors (Lipinski definition) is 1. The minimum absolute atomic E-state index is 0.00969. The summed E-state index contributed by atoms with van der Waals surface area (Å²) in [5.74, 6) is -1.40. The molecular formula is C22H15FN4O4. The van der Waals surface area contributed by atoms with Crippen LogP contribution in [0.4, 0.5) is 21.5 Å². The molecule has 0 radical (unpaired) electrons. The van der Waals surface area contributed by atoms with Gasteiger partial charge in [-0.3, -0.25) is 20.1 Å². The van der Waals surface area contributed by atoms with Gasteiger partial charge in [0, 0.05) is 18.6 Å². The smallest absolute Gasteiger partial charge is 0.345 e. The zero-order valence-corrected chi connectivity index (χ0v) is 16.2. The molecule has 1 N–H and O–H groups in total. The number of pyridine rings is 2. The maximum atomic E-state index is 14.5. The molecule has 2 aromatic carbocycles. The molecule has 9 heteroatoms. The van der Waals surface area contributed by atoms with Gasteiger partial charge in [0.15, 0.2) is 0 Å². The minimum atomic E-state index is -0.864. The van der Waals surface area contributed by atoms with Gasteiger partial charge in [-0.15, -0.1) is 0 Å². The number of nitrogens with one attached hydrogen (secondary N) is 1. The predicted octanol–water partition coefficient (Wildman–Crippen LogP) is 4.87. The molecule has 0 spiro atoms. The zero-order valence-electron chi connectivity index (χ0n) is 16.2. The molecule has 0 amide bonds. The van der Waals surface area contributed by atoms with E-state index in [2.05, 4.69) is 15.3 Å². The first kappa shape index (κ1) is 19.9. The molecule has 0 aliphatic carbocycles. The zero-order chi connectivity index (χ0) is 22.0. The number of esters is 1. The molecule has 0 aliphatic rings. The number of aromatic nitrogens is 2. The fourth-order valence-corrected chi connectivity index (χ4v) is 3.31. The largest absolute Gasteiger partial charge is 0.465 e. The number of rotatable bonds is 5. The van der Waals surface area contributed by atoms with Crippen molar-refractivity contribution in [1.29, 1.82) is 0 Å². The molecule has 0 bridgehead atoms. The average molecular weight is 418 g/mol. The van der Waals surface area contributed by atoms with Crippen molar-refractivity contribution in [2.75, 3.05) is 12.4 Å². The van der Waals surface area contributed by atoms with E-state index in [9.17, 15) is 19.3 Å². The van der Waals surface area contributed by atoms with E-state index < -0.39 is 22.4 Å². The summed E-state index contributed by atoms with van der Waals surface area (Å²) in [6, 6.07) is 12.2. The number of carbonyl (C=O) groups is 1. The summed E-state index contributed by atoms with van der Waals surface area (Å²) in [5, 5.41) is 15.0. The number of nitro benzene ring substituents is 1. The van der Waals surface area contributed by atoms with Crippen LogP contribution in [-0.2, 0) is 4.74 Å². The second-order valence-electron chi connectivity index (χ2n) is 6.52. The topological polar surface area (TPSA) is 107 Å². The average Bonchev–Trinajstić information content (AvgIpc) is 2.78. The van der Waals surface area contributed by atoms with Crippen LogP contribution >= 0.6 is 0 Å². The summed E-state index contributed by atoms with van der Waals surface area (Å²) in [7, 11) is 1.14. The fraction of sp³-hybridized carbons (Fsp3) is 0.0455. The van der Waals surface area contributed by atoms with Crippen molar-refractivity contribution in [3.05, 3.63) is 88.6 Å². The molecule has 0 atom stereocenters. The number of carbonyl (C=O) groups excluding carboxylic acids is 1. The molecule has 4 aromatic rings. The number of benzene rings is 2. The van der Waals surface area contributed by atoms with E-state index in [0.717, 1.165) is 7.11 Å². The second-order valence-corrected chi connectivity index (χ2v) is 6.52. The number of anilines is 2. The van der Waals surface area contributed by atoms with Crippen molar-refractivity contribution in [3.8, 4) is 11.1 Å². The highest BCUT2D eigenvalue weighted by Crippen LogP contribution is 2.38. The lowest BCUT2D eigenvalue weighted by molar-refractivity contribution is -0.384. The third-order valence-electron chi connectivity index (χ3n) is 4.70. The van der Waals surface area contributed by atoms with E-state index in [-0.39, 0.29) is 22.3 Å². The van der Waals surface area contributed by atoms with Crippen LogP contribution in [0.25, 0.3) is 22.0 Å². The molecule has 2 heterocycles. The van der Waals surface area contributed by atoms with Gasteiger partial charge in [-0.1, -0.05) is 6.07 Å². The van der Waals surface area contributed by atoms with Crippen LogP contribution in [0.15, 0.2) is 67.1 Å². The maximum absolute atomic E-state index is 14.5. The molecular weight excluding hydrogens is 403 g/mol. The Morgan fingerprint density at radius 3 is 2.55 bits per heavy atom. The van der Waals surface area contributed by atoms with E-state index in [1.54, 1.807) is 30.6 Å². The third-order valence-corrected chi connectivity index (χ3v) is 4.70. The van der Waals surface area contributed by atoms with Crippen molar-refractivity contribution in [3.63, 3.8) is 0 Å². The Labute approximate surface area is 175 Å².